The van der Waals surface area contributed by atoms with E-state index in [1.165, 1.54) is 12.8 Å². The Balaban J connectivity index is 1.32. The quantitative estimate of drug-likeness (QED) is 0.911. The highest BCUT2D eigenvalue weighted by Crippen LogP contribution is 2.16. The maximum absolute atomic E-state index is 4.51. The molecule has 0 bridgehead atoms. The molecule has 23 heavy (non-hydrogen) atoms. The molecule has 4 rings (SSSR count). The zero-order valence-electron chi connectivity index (χ0n) is 13.6. The van der Waals surface area contributed by atoms with Crippen LogP contribution in [0, 0.1) is 6.92 Å². The van der Waals surface area contributed by atoms with E-state index in [4.69, 9.17) is 0 Å². The van der Waals surface area contributed by atoms with Gasteiger partial charge in [-0.3, -0.25) is 0 Å². The Kier molecular flexibility index (Phi) is 3.95. The van der Waals surface area contributed by atoms with Gasteiger partial charge in [-0.2, -0.15) is 5.10 Å². The monoisotopic (exact) mass is 313 g/mol. The summed E-state index contributed by atoms with van der Waals surface area (Å²) in [7, 11) is 0. The van der Waals surface area contributed by atoms with Gasteiger partial charge in [0.2, 0.25) is 5.95 Å². The van der Waals surface area contributed by atoms with Gasteiger partial charge in [-0.25, -0.2) is 19.6 Å². The van der Waals surface area contributed by atoms with Crippen LogP contribution in [-0.4, -0.2) is 43.9 Å². The molecule has 1 saturated heterocycles. The molecule has 7 heteroatoms. The lowest BCUT2D eigenvalue weighted by molar-refractivity contribution is 0.357. The van der Waals surface area contributed by atoms with E-state index in [-0.39, 0.29) is 0 Å². The number of fused-ring (bicyclic) bond motifs is 1. The Morgan fingerprint density at radius 1 is 1.22 bits per heavy atom. The molecule has 0 radical (unpaired) electrons. The predicted octanol–water partition coefficient (Wildman–Crippen LogP) is 1.08. The third-order valence-corrected chi connectivity index (χ3v) is 4.64. The van der Waals surface area contributed by atoms with E-state index in [0.29, 0.717) is 6.04 Å². The second kappa shape index (κ2) is 6.23. The zero-order valence-corrected chi connectivity index (χ0v) is 13.6. The van der Waals surface area contributed by atoms with E-state index >= 15 is 0 Å². The fraction of sp³-hybridized carbons (Fsp3) is 0.625. The number of nitrogens with one attached hydrogen (secondary N) is 1. The van der Waals surface area contributed by atoms with Gasteiger partial charge in [-0.1, -0.05) is 0 Å². The number of nitrogens with zero attached hydrogens (tertiary/aromatic N) is 6. The third-order valence-electron chi connectivity index (χ3n) is 4.64. The number of aromatic nitrogens is 5. The molecule has 0 aliphatic carbocycles. The van der Waals surface area contributed by atoms with Crippen molar-refractivity contribution in [3.05, 3.63) is 29.6 Å². The van der Waals surface area contributed by atoms with Crippen molar-refractivity contribution in [1.29, 1.82) is 0 Å². The largest absolute Gasteiger partial charge is 0.341 e. The van der Waals surface area contributed by atoms with Gasteiger partial charge in [0.1, 0.15) is 11.6 Å². The molecule has 0 aromatic carbocycles. The molecule has 2 aromatic heterocycles. The van der Waals surface area contributed by atoms with Crippen molar-refractivity contribution in [1.82, 2.24) is 30.0 Å². The van der Waals surface area contributed by atoms with Crippen LogP contribution in [0.3, 0.4) is 0 Å². The molecule has 0 saturated carbocycles. The van der Waals surface area contributed by atoms with Crippen LogP contribution in [0.25, 0.3) is 0 Å². The van der Waals surface area contributed by atoms with E-state index in [1.54, 1.807) is 0 Å². The van der Waals surface area contributed by atoms with Gasteiger partial charge in [0.15, 0.2) is 0 Å². The second-order valence-electron chi connectivity index (χ2n) is 6.46. The molecule has 1 unspecified atom stereocenters. The lowest BCUT2D eigenvalue weighted by Gasteiger charge is -2.23. The minimum absolute atomic E-state index is 0.432. The summed E-state index contributed by atoms with van der Waals surface area (Å²) in [6, 6.07) is 0.432. The predicted molar refractivity (Wildman–Crippen MR) is 87.2 cm³/mol. The van der Waals surface area contributed by atoms with E-state index in [0.717, 1.165) is 62.2 Å². The molecule has 2 aliphatic rings. The van der Waals surface area contributed by atoms with Crippen LogP contribution < -0.4 is 10.2 Å². The van der Waals surface area contributed by atoms with Crippen LogP contribution in [0.1, 0.15) is 36.5 Å². The van der Waals surface area contributed by atoms with Crippen LogP contribution in [0.15, 0.2) is 12.4 Å². The fourth-order valence-corrected chi connectivity index (χ4v) is 3.38. The molecule has 0 amide bonds. The molecule has 7 nitrogen and oxygen atoms in total. The number of anilines is 1. The van der Waals surface area contributed by atoms with E-state index < -0.39 is 0 Å². The van der Waals surface area contributed by atoms with Crippen LogP contribution in [0.4, 0.5) is 5.95 Å². The highest BCUT2D eigenvalue weighted by atomic mass is 15.4. The van der Waals surface area contributed by atoms with E-state index in [2.05, 4.69) is 30.3 Å². The SMILES string of the molecule is Cc1nc2n(n1)CC(NCc1cnc(N3CCCC3)nc1)CC2. The molecule has 4 heterocycles. The fourth-order valence-electron chi connectivity index (χ4n) is 3.38. The van der Waals surface area contributed by atoms with Crippen molar-refractivity contribution in [2.24, 2.45) is 0 Å². The van der Waals surface area contributed by atoms with Gasteiger partial charge in [0.25, 0.3) is 0 Å². The maximum atomic E-state index is 4.51. The molecule has 1 atom stereocenters. The normalized spacial score (nSPS) is 20.7. The summed E-state index contributed by atoms with van der Waals surface area (Å²) < 4.78 is 2.03. The summed E-state index contributed by atoms with van der Waals surface area (Å²) in [4.78, 5) is 15.7. The summed E-state index contributed by atoms with van der Waals surface area (Å²) in [5.41, 5.74) is 1.13. The lowest BCUT2D eigenvalue weighted by Crippen LogP contribution is -2.37. The number of hydrogen-bond acceptors (Lipinski definition) is 6. The first-order chi connectivity index (χ1) is 11.3. The Morgan fingerprint density at radius 3 is 2.78 bits per heavy atom. The first-order valence-corrected chi connectivity index (χ1v) is 8.47. The van der Waals surface area contributed by atoms with E-state index in [1.807, 2.05) is 24.0 Å². The average Bonchev–Trinajstić information content (AvgIpc) is 3.21. The number of hydrogen-bond donors (Lipinski definition) is 1. The molecule has 2 aliphatic heterocycles. The van der Waals surface area contributed by atoms with Gasteiger partial charge >= 0.3 is 0 Å². The summed E-state index contributed by atoms with van der Waals surface area (Å²) in [6.07, 6.45) is 8.48. The topological polar surface area (TPSA) is 71.8 Å². The Labute approximate surface area is 136 Å². The Morgan fingerprint density at radius 2 is 2.00 bits per heavy atom. The average molecular weight is 313 g/mol. The minimum atomic E-state index is 0.432. The first kappa shape index (κ1) is 14.6. The summed E-state index contributed by atoms with van der Waals surface area (Å²) in [5, 5.41) is 8.04. The van der Waals surface area contributed by atoms with Crippen LogP contribution in [0.2, 0.25) is 0 Å². The maximum Gasteiger partial charge on any atom is 0.225 e. The smallest absolute Gasteiger partial charge is 0.225 e. The molecular formula is C16H23N7. The molecule has 1 fully saturated rings. The van der Waals surface area contributed by atoms with Crippen molar-refractivity contribution >= 4 is 5.95 Å². The Hall–Kier alpha value is -2.02. The highest BCUT2D eigenvalue weighted by molar-refractivity contribution is 5.30. The van der Waals surface area contributed by atoms with Gasteiger partial charge in [0.05, 0.1) is 6.54 Å². The van der Waals surface area contributed by atoms with Gasteiger partial charge in [-0.05, 0) is 26.2 Å². The van der Waals surface area contributed by atoms with Crippen LogP contribution >= 0.6 is 0 Å². The summed E-state index contributed by atoms with van der Waals surface area (Å²) in [6.45, 7) is 5.81. The van der Waals surface area contributed by atoms with Crippen molar-refractivity contribution < 1.29 is 0 Å². The number of aryl methyl sites for hydroxylation is 2. The molecule has 0 spiro atoms. The molecule has 122 valence electrons. The van der Waals surface area contributed by atoms with Crippen LogP contribution in [-0.2, 0) is 19.5 Å². The van der Waals surface area contributed by atoms with Gasteiger partial charge in [-0.15, -0.1) is 0 Å². The molecular weight excluding hydrogens is 290 g/mol. The van der Waals surface area contributed by atoms with Crippen molar-refractivity contribution in [3.63, 3.8) is 0 Å². The van der Waals surface area contributed by atoms with Gasteiger partial charge < -0.3 is 10.2 Å². The van der Waals surface area contributed by atoms with Gasteiger partial charge in [0, 0.05) is 50.1 Å². The van der Waals surface area contributed by atoms with E-state index in [9.17, 15) is 0 Å². The van der Waals surface area contributed by atoms with Crippen molar-refractivity contribution in [3.8, 4) is 0 Å². The van der Waals surface area contributed by atoms with Crippen molar-refractivity contribution in [2.75, 3.05) is 18.0 Å². The first-order valence-electron chi connectivity index (χ1n) is 8.47. The minimum Gasteiger partial charge on any atom is -0.341 e. The summed E-state index contributed by atoms with van der Waals surface area (Å²) >= 11 is 0. The standard InChI is InChI=1S/C16H23N7/c1-12-20-15-5-4-14(11-23(15)21-12)17-8-13-9-18-16(19-10-13)22-6-2-3-7-22/h9-10,14,17H,2-8,11H2,1H3. The lowest BCUT2D eigenvalue weighted by atomic mass is 10.1. The zero-order chi connectivity index (χ0) is 15.6. The third kappa shape index (κ3) is 3.19. The Bertz CT molecular complexity index is 658. The summed E-state index contributed by atoms with van der Waals surface area (Å²) in [5.74, 6) is 2.84. The van der Waals surface area contributed by atoms with Crippen LogP contribution in [0.5, 0.6) is 0 Å². The van der Waals surface area contributed by atoms with Crippen molar-refractivity contribution in [2.45, 2.75) is 51.7 Å². The molecule has 2 aromatic rings. The molecule has 1 N–H and O–H groups in total. The second-order valence-corrected chi connectivity index (χ2v) is 6.46. The number of rotatable bonds is 4. The highest BCUT2D eigenvalue weighted by Gasteiger charge is 2.20.